The molecule has 2 aromatic rings. The fourth-order valence-corrected chi connectivity index (χ4v) is 3.99. The van der Waals surface area contributed by atoms with Gasteiger partial charge in [-0.15, -0.1) is 0 Å². The molecule has 0 bridgehead atoms. The van der Waals surface area contributed by atoms with Gasteiger partial charge in [0.1, 0.15) is 21.4 Å². The van der Waals surface area contributed by atoms with Gasteiger partial charge in [0.25, 0.3) is 0 Å². The number of sulfonamides is 1. The van der Waals surface area contributed by atoms with Gasteiger partial charge in [0.15, 0.2) is 0 Å². The largest absolute Gasteiger partial charge is 0.495 e. The second kappa shape index (κ2) is 8.27. The maximum absolute atomic E-state index is 12.5. The molecule has 2 rings (SSSR count). The zero-order valence-electron chi connectivity index (χ0n) is 14.0. The summed E-state index contributed by atoms with van der Waals surface area (Å²) in [7, 11) is -2.41. The summed E-state index contributed by atoms with van der Waals surface area (Å²) in [5.74, 6) is 0.987. The molecule has 136 valence electrons. The van der Waals surface area contributed by atoms with Crippen LogP contribution in [0.15, 0.2) is 41.3 Å². The molecule has 0 spiro atoms. The summed E-state index contributed by atoms with van der Waals surface area (Å²) < 4.78 is 38.2. The number of methoxy groups -OCH3 is 1. The molecule has 0 heterocycles. The van der Waals surface area contributed by atoms with Gasteiger partial charge in [0.2, 0.25) is 10.0 Å². The molecular weight excluding hydrogens is 385 g/mol. The third-order valence-corrected chi connectivity index (χ3v) is 5.68. The number of benzene rings is 2. The van der Waals surface area contributed by atoms with Crippen LogP contribution in [0, 0.1) is 0 Å². The third kappa shape index (κ3) is 5.01. The van der Waals surface area contributed by atoms with Crippen molar-refractivity contribution >= 4 is 33.2 Å². The van der Waals surface area contributed by atoms with Gasteiger partial charge < -0.3 is 9.47 Å². The molecule has 0 fully saturated rings. The molecule has 8 heteroatoms. The Bertz CT molecular complexity index is 854. The first-order valence-corrected chi connectivity index (χ1v) is 9.75. The van der Waals surface area contributed by atoms with Crippen molar-refractivity contribution < 1.29 is 17.9 Å². The number of halogens is 2. The summed E-state index contributed by atoms with van der Waals surface area (Å²) in [4.78, 5) is -0.102. The molecule has 0 saturated heterocycles. The van der Waals surface area contributed by atoms with Gasteiger partial charge >= 0.3 is 0 Å². The zero-order valence-corrected chi connectivity index (χ0v) is 16.4. The molecule has 0 atom stereocenters. The van der Waals surface area contributed by atoms with Crippen LogP contribution in [0.4, 0.5) is 0 Å². The van der Waals surface area contributed by atoms with Crippen molar-refractivity contribution in [3.63, 3.8) is 0 Å². The molecule has 25 heavy (non-hydrogen) atoms. The standard InChI is InChI=1S/C17H19Cl2NO4S/c1-11(2)24-13-6-4-5-12(9-13)10-20-25(21,22)15-8-7-14(23-3)16(18)17(15)19/h4-9,11,20H,10H2,1-3H3. The topological polar surface area (TPSA) is 64.6 Å². The van der Waals surface area contributed by atoms with Gasteiger partial charge in [-0.25, -0.2) is 13.1 Å². The number of nitrogens with one attached hydrogen (secondary N) is 1. The molecule has 5 nitrogen and oxygen atoms in total. The summed E-state index contributed by atoms with van der Waals surface area (Å²) in [6.45, 7) is 3.94. The first-order valence-electron chi connectivity index (χ1n) is 7.52. The number of hydrogen-bond donors (Lipinski definition) is 1. The van der Waals surface area contributed by atoms with Crippen molar-refractivity contribution in [2.45, 2.75) is 31.4 Å². The van der Waals surface area contributed by atoms with E-state index >= 15 is 0 Å². The van der Waals surface area contributed by atoms with E-state index < -0.39 is 10.0 Å². The lowest BCUT2D eigenvalue weighted by molar-refractivity contribution is 0.242. The van der Waals surface area contributed by atoms with Crippen LogP contribution in [-0.4, -0.2) is 21.6 Å². The highest BCUT2D eigenvalue weighted by Gasteiger charge is 2.21. The number of rotatable bonds is 7. The van der Waals surface area contributed by atoms with Crippen molar-refractivity contribution in [2.75, 3.05) is 7.11 Å². The van der Waals surface area contributed by atoms with E-state index in [-0.39, 0.29) is 27.6 Å². The fourth-order valence-electron chi connectivity index (χ4n) is 2.14. The van der Waals surface area contributed by atoms with E-state index in [0.717, 1.165) is 5.56 Å². The highest BCUT2D eigenvalue weighted by atomic mass is 35.5. The SMILES string of the molecule is COc1ccc(S(=O)(=O)NCc2cccc(OC(C)C)c2)c(Cl)c1Cl. The molecule has 0 aromatic heterocycles. The van der Waals surface area contributed by atoms with E-state index in [0.29, 0.717) is 11.5 Å². The summed E-state index contributed by atoms with van der Waals surface area (Å²) in [6.07, 6.45) is 0.0344. The summed E-state index contributed by atoms with van der Waals surface area (Å²) in [6, 6.07) is 10.0. The van der Waals surface area contributed by atoms with Gasteiger partial charge in [0, 0.05) is 6.54 Å². The van der Waals surface area contributed by atoms with E-state index in [9.17, 15) is 8.42 Å². The minimum atomic E-state index is -3.84. The minimum absolute atomic E-state index is 0.0344. The van der Waals surface area contributed by atoms with Crippen LogP contribution < -0.4 is 14.2 Å². The van der Waals surface area contributed by atoms with Crippen molar-refractivity contribution in [3.05, 3.63) is 52.0 Å². The molecule has 0 aliphatic heterocycles. The molecule has 0 unspecified atom stereocenters. The average molecular weight is 404 g/mol. The minimum Gasteiger partial charge on any atom is -0.495 e. The Morgan fingerprint density at radius 1 is 1.12 bits per heavy atom. The maximum atomic E-state index is 12.5. The van der Waals surface area contributed by atoms with E-state index in [1.165, 1.54) is 19.2 Å². The maximum Gasteiger partial charge on any atom is 0.242 e. The normalized spacial score (nSPS) is 11.6. The van der Waals surface area contributed by atoms with E-state index in [4.69, 9.17) is 32.7 Å². The zero-order chi connectivity index (χ0) is 18.6. The Balaban J connectivity index is 2.19. The van der Waals surface area contributed by atoms with Crippen molar-refractivity contribution in [1.29, 1.82) is 0 Å². The predicted octanol–water partition coefficient (Wildman–Crippen LogP) is 4.27. The van der Waals surface area contributed by atoms with E-state index in [2.05, 4.69) is 4.72 Å². The first-order chi connectivity index (χ1) is 11.7. The first kappa shape index (κ1) is 19.8. The van der Waals surface area contributed by atoms with E-state index in [1.54, 1.807) is 18.2 Å². The second-order valence-corrected chi connectivity index (χ2v) is 8.02. The Morgan fingerprint density at radius 3 is 2.48 bits per heavy atom. The van der Waals surface area contributed by atoms with Gasteiger partial charge in [-0.1, -0.05) is 35.3 Å². The second-order valence-electron chi connectivity index (χ2n) is 5.53. The van der Waals surface area contributed by atoms with Gasteiger partial charge in [-0.05, 0) is 43.7 Å². The number of hydrogen-bond acceptors (Lipinski definition) is 4. The van der Waals surface area contributed by atoms with Crippen LogP contribution in [0.2, 0.25) is 10.0 Å². The molecular formula is C17H19Cl2NO4S. The smallest absolute Gasteiger partial charge is 0.242 e. The predicted molar refractivity (Wildman–Crippen MR) is 99.2 cm³/mol. The molecule has 0 aliphatic rings. The molecule has 0 aliphatic carbocycles. The molecule has 1 N–H and O–H groups in total. The molecule has 0 amide bonds. The third-order valence-electron chi connectivity index (χ3n) is 3.26. The van der Waals surface area contributed by atoms with Crippen molar-refractivity contribution in [2.24, 2.45) is 0 Å². The lowest BCUT2D eigenvalue weighted by atomic mass is 10.2. The van der Waals surface area contributed by atoms with Crippen LogP contribution in [0.3, 0.4) is 0 Å². The Kier molecular flexibility index (Phi) is 6.57. The van der Waals surface area contributed by atoms with Crippen LogP contribution in [0.1, 0.15) is 19.4 Å². The molecule has 2 aromatic carbocycles. The van der Waals surface area contributed by atoms with Crippen LogP contribution in [0.25, 0.3) is 0 Å². The van der Waals surface area contributed by atoms with Crippen molar-refractivity contribution in [1.82, 2.24) is 4.72 Å². The summed E-state index contributed by atoms with van der Waals surface area (Å²) in [5, 5.41) is -0.0234. The quantitative estimate of drug-likeness (QED) is 0.749. The van der Waals surface area contributed by atoms with Gasteiger partial charge in [-0.3, -0.25) is 0 Å². The summed E-state index contributed by atoms with van der Waals surface area (Å²) >= 11 is 12.1. The molecule has 0 radical (unpaired) electrons. The highest BCUT2D eigenvalue weighted by molar-refractivity contribution is 7.89. The van der Waals surface area contributed by atoms with Gasteiger partial charge in [-0.2, -0.15) is 0 Å². The fraction of sp³-hybridized carbons (Fsp3) is 0.294. The van der Waals surface area contributed by atoms with Crippen molar-refractivity contribution in [3.8, 4) is 11.5 Å². The van der Waals surface area contributed by atoms with Crippen LogP contribution in [-0.2, 0) is 16.6 Å². The van der Waals surface area contributed by atoms with Crippen LogP contribution in [0.5, 0.6) is 11.5 Å². The Labute approximate surface area is 157 Å². The Morgan fingerprint density at radius 2 is 1.84 bits per heavy atom. The lowest BCUT2D eigenvalue weighted by Crippen LogP contribution is -2.23. The average Bonchev–Trinajstić information content (AvgIpc) is 2.55. The highest BCUT2D eigenvalue weighted by Crippen LogP contribution is 2.36. The Hall–Kier alpha value is -1.47. The monoisotopic (exact) mass is 403 g/mol. The summed E-state index contributed by atoms with van der Waals surface area (Å²) in [5.41, 5.74) is 0.762. The number of ether oxygens (including phenoxy) is 2. The van der Waals surface area contributed by atoms with Crippen LogP contribution >= 0.6 is 23.2 Å². The van der Waals surface area contributed by atoms with Gasteiger partial charge in [0.05, 0.1) is 18.2 Å². The lowest BCUT2D eigenvalue weighted by Gasteiger charge is -2.13. The van der Waals surface area contributed by atoms with E-state index in [1.807, 2.05) is 19.9 Å². The molecule has 0 saturated carbocycles.